The molecule has 0 atom stereocenters. The number of halogens is 2. The molecule has 5 aromatic carbocycles. The number of rotatable bonds is 0. The van der Waals surface area contributed by atoms with Crippen LogP contribution in [0.5, 0.6) is 0 Å². The molecule has 0 radical (unpaired) electrons. The largest absolute Gasteiger partial charge is 0.0725 e. The van der Waals surface area contributed by atoms with Crippen molar-refractivity contribution in [3.05, 3.63) is 140 Å². The lowest BCUT2D eigenvalue weighted by Crippen LogP contribution is -2.29. The van der Waals surface area contributed by atoms with Crippen LogP contribution in [0.3, 0.4) is 0 Å². The Morgan fingerprint density at radius 2 is 0.727 bits per heavy atom. The highest BCUT2D eigenvalue weighted by molar-refractivity contribution is 9.10. The van der Waals surface area contributed by atoms with Gasteiger partial charge in [0.05, 0.1) is 5.41 Å². The molecule has 2 heteroatoms. The summed E-state index contributed by atoms with van der Waals surface area (Å²) in [6.45, 7) is 0. The van der Waals surface area contributed by atoms with Crippen LogP contribution >= 0.6 is 31.9 Å². The van der Waals surface area contributed by atoms with Crippen LogP contribution in [0.1, 0.15) is 22.3 Å². The summed E-state index contributed by atoms with van der Waals surface area (Å²) in [7, 11) is 0. The maximum Gasteiger partial charge on any atom is 0.0725 e. The van der Waals surface area contributed by atoms with E-state index in [2.05, 4.69) is 141 Å². The highest BCUT2D eigenvalue weighted by Crippen LogP contribution is 2.61. The third-order valence-electron chi connectivity index (χ3n) is 7.23. The van der Waals surface area contributed by atoms with Crippen LogP contribution in [0.2, 0.25) is 0 Å². The summed E-state index contributed by atoms with van der Waals surface area (Å²) in [5.41, 5.74) is 12.7. The van der Waals surface area contributed by atoms with Gasteiger partial charge in [-0.25, -0.2) is 0 Å². The zero-order valence-electron chi connectivity index (χ0n) is 17.6. The fourth-order valence-corrected chi connectivity index (χ4v) is 6.77. The number of hydrogen-bond donors (Lipinski definition) is 0. The van der Waals surface area contributed by atoms with E-state index in [-0.39, 0.29) is 0 Å². The highest BCUT2D eigenvalue weighted by Gasteiger charge is 2.49. The average Bonchev–Trinajstić information content (AvgIpc) is 3.10. The van der Waals surface area contributed by atoms with Gasteiger partial charge in [-0.15, -0.1) is 0 Å². The minimum atomic E-state index is -0.391. The van der Waals surface area contributed by atoms with Crippen LogP contribution in [0.15, 0.2) is 118 Å². The molecule has 7 rings (SSSR count). The molecule has 33 heavy (non-hydrogen) atoms. The quantitative estimate of drug-likeness (QED) is 0.177. The standard InChI is InChI=1S/C31H18Br2/c32-19-13-15-29-25(17-19)21-7-1-2-8-22(21)26-18-20(33)14-16-30(26)31(29)27-11-5-3-9-23(27)24-10-4-6-12-28(24)31/h1-18H. The molecule has 5 aromatic rings. The van der Waals surface area contributed by atoms with Gasteiger partial charge in [-0.3, -0.25) is 0 Å². The van der Waals surface area contributed by atoms with Gasteiger partial charge in [-0.05, 0) is 79.9 Å². The van der Waals surface area contributed by atoms with Crippen molar-refractivity contribution in [3.63, 3.8) is 0 Å². The number of hydrogen-bond acceptors (Lipinski definition) is 0. The molecular formula is C31H18Br2. The minimum absolute atomic E-state index is 0.391. The predicted octanol–water partition coefficient (Wildman–Crippen LogP) is 9.22. The molecule has 2 aliphatic carbocycles. The highest BCUT2D eigenvalue weighted by atomic mass is 79.9. The Hall–Kier alpha value is -2.94. The first-order valence-corrected chi connectivity index (χ1v) is 12.7. The molecule has 0 fully saturated rings. The molecule has 0 unspecified atom stereocenters. The van der Waals surface area contributed by atoms with E-state index in [4.69, 9.17) is 0 Å². The molecule has 0 saturated carbocycles. The first-order valence-electron chi connectivity index (χ1n) is 11.1. The Morgan fingerprint density at radius 3 is 1.18 bits per heavy atom. The first-order chi connectivity index (χ1) is 16.2. The van der Waals surface area contributed by atoms with Gasteiger partial charge in [0, 0.05) is 8.95 Å². The van der Waals surface area contributed by atoms with E-state index in [1.165, 1.54) is 55.6 Å². The lowest BCUT2D eigenvalue weighted by molar-refractivity contribution is 0.775. The molecule has 2 aliphatic rings. The predicted molar refractivity (Wildman–Crippen MR) is 144 cm³/mol. The van der Waals surface area contributed by atoms with Crippen molar-refractivity contribution in [3.8, 4) is 33.4 Å². The lowest BCUT2D eigenvalue weighted by atomic mass is 9.66. The number of benzene rings is 5. The SMILES string of the molecule is Brc1ccc2c(c1)-c1ccccc1-c1cc(Br)ccc1C21c2ccccc2-c2ccccc21. The van der Waals surface area contributed by atoms with E-state index in [1.807, 2.05) is 0 Å². The van der Waals surface area contributed by atoms with Crippen LogP contribution in [0, 0.1) is 0 Å². The second-order valence-electron chi connectivity index (χ2n) is 8.77. The summed E-state index contributed by atoms with van der Waals surface area (Å²) in [4.78, 5) is 0. The zero-order valence-corrected chi connectivity index (χ0v) is 20.8. The fourth-order valence-electron chi connectivity index (χ4n) is 6.05. The maximum atomic E-state index is 3.77. The third kappa shape index (κ3) is 2.51. The van der Waals surface area contributed by atoms with E-state index in [1.54, 1.807) is 0 Å². The summed E-state index contributed by atoms with van der Waals surface area (Å²) in [5.74, 6) is 0. The van der Waals surface area contributed by atoms with Crippen molar-refractivity contribution in [1.29, 1.82) is 0 Å². The van der Waals surface area contributed by atoms with Crippen molar-refractivity contribution in [1.82, 2.24) is 0 Å². The monoisotopic (exact) mass is 548 g/mol. The molecule has 0 saturated heterocycles. The van der Waals surface area contributed by atoms with Crippen molar-refractivity contribution in [2.75, 3.05) is 0 Å². The van der Waals surface area contributed by atoms with Gasteiger partial charge in [0.15, 0.2) is 0 Å². The third-order valence-corrected chi connectivity index (χ3v) is 8.22. The summed E-state index contributed by atoms with van der Waals surface area (Å²) in [6.07, 6.45) is 0. The minimum Gasteiger partial charge on any atom is -0.0619 e. The van der Waals surface area contributed by atoms with Gasteiger partial charge in [-0.2, -0.15) is 0 Å². The van der Waals surface area contributed by atoms with Gasteiger partial charge >= 0.3 is 0 Å². The zero-order chi connectivity index (χ0) is 22.2. The molecule has 0 aromatic heterocycles. The van der Waals surface area contributed by atoms with Gasteiger partial charge in [0.25, 0.3) is 0 Å². The van der Waals surface area contributed by atoms with Crippen LogP contribution in [0.4, 0.5) is 0 Å². The summed E-state index contributed by atoms with van der Waals surface area (Å²) >= 11 is 7.54. The fraction of sp³-hybridized carbons (Fsp3) is 0.0323. The molecule has 0 aliphatic heterocycles. The summed E-state index contributed by atoms with van der Waals surface area (Å²) < 4.78 is 2.19. The van der Waals surface area contributed by atoms with Gasteiger partial charge in [0.2, 0.25) is 0 Å². The van der Waals surface area contributed by atoms with Crippen LogP contribution < -0.4 is 0 Å². The van der Waals surface area contributed by atoms with E-state index in [0.717, 1.165) is 8.95 Å². The molecule has 0 nitrogen and oxygen atoms in total. The molecule has 0 amide bonds. The summed E-state index contributed by atoms with van der Waals surface area (Å²) in [5, 5.41) is 0. The van der Waals surface area contributed by atoms with E-state index < -0.39 is 5.41 Å². The van der Waals surface area contributed by atoms with Gasteiger partial charge in [0.1, 0.15) is 0 Å². The Morgan fingerprint density at radius 1 is 0.364 bits per heavy atom. The lowest BCUT2D eigenvalue weighted by Gasteiger charge is -2.35. The van der Waals surface area contributed by atoms with Crippen LogP contribution in [0.25, 0.3) is 33.4 Å². The second-order valence-corrected chi connectivity index (χ2v) is 10.6. The second kappa shape index (κ2) is 7.03. The Kier molecular flexibility index (Phi) is 4.16. The average molecular weight is 550 g/mol. The number of fused-ring (bicyclic) bond motifs is 12. The molecule has 1 spiro atoms. The van der Waals surface area contributed by atoms with Crippen molar-refractivity contribution in [2.24, 2.45) is 0 Å². The maximum absolute atomic E-state index is 3.77. The molecule has 0 N–H and O–H groups in total. The molecule has 156 valence electrons. The Bertz CT molecular complexity index is 1470. The van der Waals surface area contributed by atoms with Crippen molar-refractivity contribution in [2.45, 2.75) is 5.41 Å². The smallest absolute Gasteiger partial charge is 0.0619 e. The van der Waals surface area contributed by atoms with Crippen LogP contribution in [-0.2, 0) is 5.41 Å². The first kappa shape index (κ1) is 19.5. The topological polar surface area (TPSA) is 0 Å². The normalized spacial score (nSPS) is 14.0. The van der Waals surface area contributed by atoms with Gasteiger partial charge in [-0.1, -0.05) is 117 Å². The molecular weight excluding hydrogens is 532 g/mol. The van der Waals surface area contributed by atoms with Crippen molar-refractivity contribution >= 4 is 31.9 Å². The molecule has 0 bridgehead atoms. The van der Waals surface area contributed by atoms with E-state index in [0.29, 0.717) is 0 Å². The Balaban J connectivity index is 1.78. The van der Waals surface area contributed by atoms with Gasteiger partial charge < -0.3 is 0 Å². The Labute approximate surface area is 210 Å². The molecule has 0 heterocycles. The van der Waals surface area contributed by atoms with E-state index >= 15 is 0 Å². The summed E-state index contributed by atoms with van der Waals surface area (Å²) in [6, 6.07) is 40.3. The van der Waals surface area contributed by atoms with Crippen molar-refractivity contribution < 1.29 is 0 Å². The van der Waals surface area contributed by atoms with Crippen LogP contribution in [-0.4, -0.2) is 0 Å². The van der Waals surface area contributed by atoms with E-state index in [9.17, 15) is 0 Å².